The van der Waals surface area contributed by atoms with E-state index >= 15 is 0 Å². The standard InChI is InChI=1S/C12H15FN2O2/c13-10-2-1-8(11(14)17)5-9(10)6-15-12(7-16)3-4-12/h1-2,5,15-16H,3-4,6-7H2,(H2,14,17). The number of amides is 1. The van der Waals surface area contributed by atoms with Crippen molar-refractivity contribution in [2.75, 3.05) is 6.61 Å². The van der Waals surface area contributed by atoms with E-state index in [0.717, 1.165) is 12.8 Å². The van der Waals surface area contributed by atoms with Crippen molar-refractivity contribution >= 4 is 5.91 Å². The normalized spacial score (nSPS) is 16.8. The number of benzene rings is 1. The maximum Gasteiger partial charge on any atom is 0.248 e. The van der Waals surface area contributed by atoms with Gasteiger partial charge in [-0.3, -0.25) is 4.79 Å². The average Bonchev–Trinajstić information content (AvgIpc) is 3.08. The molecule has 0 saturated heterocycles. The van der Waals surface area contributed by atoms with Crippen LogP contribution in [0, 0.1) is 5.82 Å². The molecule has 0 aliphatic heterocycles. The summed E-state index contributed by atoms with van der Waals surface area (Å²) >= 11 is 0. The van der Waals surface area contributed by atoms with Crippen molar-refractivity contribution < 1.29 is 14.3 Å². The van der Waals surface area contributed by atoms with Gasteiger partial charge in [0.05, 0.1) is 6.61 Å². The van der Waals surface area contributed by atoms with Gasteiger partial charge in [-0.2, -0.15) is 0 Å². The molecule has 1 aliphatic carbocycles. The lowest BCUT2D eigenvalue weighted by Crippen LogP contribution is -2.34. The van der Waals surface area contributed by atoms with E-state index in [1.54, 1.807) is 0 Å². The molecule has 5 heteroatoms. The molecule has 0 spiro atoms. The minimum Gasteiger partial charge on any atom is -0.394 e. The molecule has 0 aromatic heterocycles. The van der Waals surface area contributed by atoms with Gasteiger partial charge in [-0.05, 0) is 31.0 Å². The minimum absolute atomic E-state index is 0.0458. The largest absolute Gasteiger partial charge is 0.394 e. The smallest absolute Gasteiger partial charge is 0.248 e. The second kappa shape index (κ2) is 4.43. The molecule has 1 amide bonds. The second-order valence-electron chi connectivity index (χ2n) is 4.46. The summed E-state index contributed by atoms with van der Waals surface area (Å²) in [5.74, 6) is -0.953. The summed E-state index contributed by atoms with van der Waals surface area (Å²) in [6.45, 7) is 0.331. The molecule has 4 nitrogen and oxygen atoms in total. The van der Waals surface area contributed by atoms with Gasteiger partial charge in [0.2, 0.25) is 5.91 Å². The van der Waals surface area contributed by atoms with Crippen molar-refractivity contribution in [2.24, 2.45) is 5.73 Å². The number of nitrogens with one attached hydrogen (secondary N) is 1. The molecule has 92 valence electrons. The number of aliphatic hydroxyl groups is 1. The fourth-order valence-corrected chi connectivity index (χ4v) is 1.69. The number of primary amides is 1. The van der Waals surface area contributed by atoms with Gasteiger partial charge in [-0.25, -0.2) is 4.39 Å². The highest BCUT2D eigenvalue weighted by atomic mass is 19.1. The topological polar surface area (TPSA) is 75.4 Å². The SMILES string of the molecule is NC(=O)c1ccc(F)c(CNC2(CO)CC2)c1. The Hall–Kier alpha value is -1.46. The third-order valence-electron chi connectivity index (χ3n) is 3.14. The predicted molar refractivity (Wildman–Crippen MR) is 60.8 cm³/mol. The number of nitrogens with two attached hydrogens (primary N) is 1. The van der Waals surface area contributed by atoms with Crippen LogP contribution in [-0.4, -0.2) is 23.2 Å². The molecule has 1 saturated carbocycles. The van der Waals surface area contributed by atoms with E-state index in [2.05, 4.69) is 5.32 Å². The number of hydrogen-bond donors (Lipinski definition) is 3. The molecule has 1 aromatic rings. The van der Waals surface area contributed by atoms with Gasteiger partial charge >= 0.3 is 0 Å². The third kappa shape index (κ3) is 2.62. The van der Waals surface area contributed by atoms with Gasteiger partial charge in [0.25, 0.3) is 0 Å². The predicted octanol–water partition coefficient (Wildman–Crippen LogP) is 0.539. The lowest BCUT2D eigenvalue weighted by Gasteiger charge is -2.14. The van der Waals surface area contributed by atoms with Gasteiger partial charge in [0.15, 0.2) is 0 Å². The Bertz CT molecular complexity index is 444. The fourth-order valence-electron chi connectivity index (χ4n) is 1.69. The Morgan fingerprint density at radius 2 is 2.24 bits per heavy atom. The van der Waals surface area contributed by atoms with Crippen molar-refractivity contribution in [3.05, 3.63) is 35.1 Å². The first-order chi connectivity index (χ1) is 8.06. The Labute approximate surface area is 98.6 Å². The van der Waals surface area contributed by atoms with Crippen molar-refractivity contribution in [3.8, 4) is 0 Å². The summed E-state index contributed by atoms with van der Waals surface area (Å²) in [5.41, 5.74) is 5.56. The molecule has 0 bridgehead atoms. The molecule has 17 heavy (non-hydrogen) atoms. The van der Waals surface area contributed by atoms with E-state index in [1.807, 2.05) is 0 Å². The number of carbonyl (C=O) groups excluding carboxylic acids is 1. The highest BCUT2D eigenvalue weighted by Crippen LogP contribution is 2.34. The molecule has 2 rings (SSSR count). The third-order valence-corrected chi connectivity index (χ3v) is 3.14. The van der Waals surface area contributed by atoms with E-state index in [-0.39, 0.29) is 30.1 Å². The summed E-state index contributed by atoms with van der Waals surface area (Å²) in [4.78, 5) is 11.0. The van der Waals surface area contributed by atoms with Crippen LogP contribution in [0.1, 0.15) is 28.8 Å². The summed E-state index contributed by atoms with van der Waals surface area (Å²) in [6.07, 6.45) is 1.78. The molecule has 0 radical (unpaired) electrons. The van der Waals surface area contributed by atoms with Crippen molar-refractivity contribution in [1.29, 1.82) is 0 Å². The molecule has 4 N–H and O–H groups in total. The van der Waals surface area contributed by atoms with Crippen LogP contribution < -0.4 is 11.1 Å². The zero-order valence-electron chi connectivity index (χ0n) is 9.37. The molecule has 1 aliphatic rings. The maximum atomic E-state index is 13.5. The summed E-state index contributed by atoms with van der Waals surface area (Å²) in [6, 6.07) is 4.04. The Morgan fingerprint density at radius 1 is 1.53 bits per heavy atom. The van der Waals surface area contributed by atoms with Crippen LogP contribution in [0.5, 0.6) is 0 Å². The first-order valence-corrected chi connectivity index (χ1v) is 5.50. The monoisotopic (exact) mass is 238 g/mol. The van der Waals surface area contributed by atoms with Crippen molar-refractivity contribution in [1.82, 2.24) is 5.32 Å². The van der Waals surface area contributed by atoms with Crippen LogP contribution in [0.3, 0.4) is 0 Å². The van der Waals surface area contributed by atoms with Gasteiger partial charge in [-0.1, -0.05) is 0 Å². The molecule has 1 aromatic carbocycles. The highest BCUT2D eigenvalue weighted by molar-refractivity contribution is 5.92. The van der Waals surface area contributed by atoms with Crippen molar-refractivity contribution in [2.45, 2.75) is 24.9 Å². The summed E-state index contributed by atoms with van der Waals surface area (Å²) in [7, 11) is 0. The van der Waals surface area contributed by atoms with E-state index in [9.17, 15) is 9.18 Å². The molecule has 1 fully saturated rings. The van der Waals surface area contributed by atoms with Gasteiger partial charge < -0.3 is 16.2 Å². The highest BCUT2D eigenvalue weighted by Gasteiger charge is 2.41. The number of carbonyl (C=O) groups is 1. The Kier molecular flexibility index (Phi) is 3.13. The number of aliphatic hydroxyl groups excluding tert-OH is 1. The first kappa shape index (κ1) is 12.0. The quantitative estimate of drug-likeness (QED) is 0.700. The van der Waals surface area contributed by atoms with Crippen LogP contribution in [0.25, 0.3) is 0 Å². The Balaban J connectivity index is 2.09. The van der Waals surface area contributed by atoms with Crippen LogP contribution in [0.2, 0.25) is 0 Å². The zero-order chi connectivity index (χ0) is 12.5. The van der Waals surface area contributed by atoms with Gasteiger partial charge in [0, 0.05) is 23.2 Å². The lowest BCUT2D eigenvalue weighted by atomic mass is 10.1. The van der Waals surface area contributed by atoms with Crippen LogP contribution >= 0.6 is 0 Å². The first-order valence-electron chi connectivity index (χ1n) is 5.50. The molecule has 0 unspecified atom stereocenters. The lowest BCUT2D eigenvalue weighted by molar-refractivity contribution is 0.1000. The number of halogens is 1. The van der Waals surface area contributed by atoms with Gasteiger partial charge in [-0.15, -0.1) is 0 Å². The number of hydrogen-bond acceptors (Lipinski definition) is 3. The minimum atomic E-state index is -0.574. The molecule has 0 heterocycles. The zero-order valence-corrected chi connectivity index (χ0v) is 9.37. The van der Waals surface area contributed by atoms with E-state index in [1.165, 1.54) is 18.2 Å². The maximum absolute atomic E-state index is 13.5. The fraction of sp³-hybridized carbons (Fsp3) is 0.417. The van der Waals surface area contributed by atoms with E-state index in [0.29, 0.717) is 5.56 Å². The molecule has 0 atom stereocenters. The molecular weight excluding hydrogens is 223 g/mol. The Morgan fingerprint density at radius 3 is 2.76 bits per heavy atom. The van der Waals surface area contributed by atoms with Crippen molar-refractivity contribution in [3.63, 3.8) is 0 Å². The average molecular weight is 238 g/mol. The summed E-state index contributed by atoms with van der Waals surface area (Å²) in [5, 5.41) is 12.2. The van der Waals surface area contributed by atoms with E-state index in [4.69, 9.17) is 10.8 Å². The van der Waals surface area contributed by atoms with Gasteiger partial charge in [0.1, 0.15) is 5.82 Å². The summed E-state index contributed by atoms with van der Waals surface area (Å²) < 4.78 is 13.5. The van der Waals surface area contributed by atoms with Crippen LogP contribution in [0.15, 0.2) is 18.2 Å². The van der Waals surface area contributed by atoms with Crippen LogP contribution in [-0.2, 0) is 6.54 Å². The van der Waals surface area contributed by atoms with E-state index < -0.39 is 5.91 Å². The van der Waals surface area contributed by atoms with Crippen LogP contribution in [0.4, 0.5) is 4.39 Å². The molecular formula is C12H15FN2O2. The number of rotatable bonds is 5. The second-order valence-corrected chi connectivity index (χ2v) is 4.46.